The average molecular weight is 601 g/mol. The van der Waals surface area contributed by atoms with Crippen LogP contribution in [-0.2, 0) is 42.0 Å². The number of carbonyl (C=O) groups is 4. The van der Waals surface area contributed by atoms with Crippen molar-refractivity contribution in [1.82, 2.24) is 14.9 Å². The Morgan fingerprint density at radius 2 is 1.45 bits per heavy atom. The smallest absolute Gasteiger partial charge is 0.408 e. The monoisotopic (exact) mass is 600 g/mol. The molecule has 1 aliphatic rings. The predicted octanol–water partition coefficient (Wildman–Crippen LogP) is 2.74. The predicted molar refractivity (Wildman–Crippen MR) is 157 cm³/mol. The molecule has 1 heterocycles. The molecular formula is C30H40N4O7S. The van der Waals surface area contributed by atoms with Crippen LogP contribution in [0.15, 0.2) is 54.6 Å². The number of sulfonamides is 1. The fourth-order valence-corrected chi connectivity index (χ4v) is 7.00. The van der Waals surface area contributed by atoms with Crippen molar-refractivity contribution in [2.24, 2.45) is 5.73 Å². The third kappa shape index (κ3) is 8.31. The maximum absolute atomic E-state index is 13.3. The molecule has 4 amide bonds. The minimum Gasteiger partial charge on any atom is -0.444 e. The lowest BCUT2D eigenvalue weighted by atomic mass is 10.0. The lowest BCUT2D eigenvalue weighted by molar-refractivity contribution is -0.128. The van der Waals surface area contributed by atoms with Crippen LogP contribution in [0.25, 0.3) is 0 Å². The van der Waals surface area contributed by atoms with Gasteiger partial charge in [0.15, 0.2) is 0 Å². The van der Waals surface area contributed by atoms with Gasteiger partial charge in [0.05, 0.1) is 12.0 Å². The Bertz CT molecular complexity index is 1410. The maximum atomic E-state index is 13.3. The van der Waals surface area contributed by atoms with Crippen LogP contribution < -0.4 is 16.4 Å². The molecule has 1 aliphatic heterocycles. The molecule has 3 rings (SSSR count). The van der Waals surface area contributed by atoms with Crippen molar-refractivity contribution in [3.8, 4) is 0 Å². The maximum Gasteiger partial charge on any atom is 0.408 e. The number of nitrogens with zero attached hydrogens (tertiary/aromatic N) is 1. The number of primary amides is 1. The lowest BCUT2D eigenvalue weighted by Crippen LogP contribution is -2.54. The first-order valence-corrected chi connectivity index (χ1v) is 15.2. The van der Waals surface area contributed by atoms with Gasteiger partial charge in [-0.2, -0.15) is 0 Å². The first kappa shape index (κ1) is 32.6. The van der Waals surface area contributed by atoms with Gasteiger partial charge < -0.3 is 21.1 Å². The summed E-state index contributed by atoms with van der Waals surface area (Å²) in [5.41, 5.74) is 5.79. The molecule has 0 saturated carbocycles. The van der Waals surface area contributed by atoms with Gasteiger partial charge in [-0.15, -0.1) is 0 Å². The molecule has 1 fully saturated rings. The molecule has 4 N–H and O–H groups in total. The normalized spacial score (nSPS) is 18.2. The number of amides is 4. The number of nitrogens with one attached hydrogen (secondary N) is 2. The molecular weight excluding hydrogens is 560 g/mol. The van der Waals surface area contributed by atoms with Gasteiger partial charge in [-0.25, -0.2) is 17.5 Å². The first-order chi connectivity index (χ1) is 19.4. The topological polar surface area (TPSA) is 165 Å². The second-order valence-corrected chi connectivity index (χ2v) is 14.3. The number of ether oxygens (including phenoxy) is 1. The van der Waals surface area contributed by atoms with E-state index >= 15 is 0 Å². The Balaban J connectivity index is 1.75. The van der Waals surface area contributed by atoms with E-state index in [1.165, 1.54) is 0 Å². The molecule has 228 valence electrons. The van der Waals surface area contributed by atoms with Gasteiger partial charge in [-0.05, 0) is 58.2 Å². The van der Waals surface area contributed by atoms with Crippen LogP contribution in [0.1, 0.15) is 69.9 Å². The zero-order valence-corrected chi connectivity index (χ0v) is 25.7. The molecule has 2 aromatic carbocycles. The van der Waals surface area contributed by atoms with E-state index in [1.807, 2.05) is 18.2 Å². The highest BCUT2D eigenvalue weighted by Crippen LogP contribution is 2.40. The van der Waals surface area contributed by atoms with Crippen LogP contribution in [-0.4, -0.2) is 59.8 Å². The molecule has 11 nitrogen and oxygen atoms in total. The summed E-state index contributed by atoms with van der Waals surface area (Å²) in [5, 5.41) is 4.20. The highest BCUT2D eigenvalue weighted by Gasteiger charge is 2.49. The molecule has 0 bridgehead atoms. The fourth-order valence-electron chi connectivity index (χ4n) is 4.77. The van der Waals surface area contributed by atoms with E-state index in [-0.39, 0.29) is 19.3 Å². The number of hydrogen-bond donors (Lipinski definition) is 3. The zero-order valence-electron chi connectivity index (χ0n) is 24.8. The van der Waals surface area contributed by atoms with E-state index in [2.05, 4.69) is 10.6 Å². The summed E-state index contributed by atoms with van der Waals surface area (Å²) in [7, 11) is -3.90. The average Bonchev–Trinajstić information content (AvgIpc) is 3.11. The Morgan fingerprint density at radius 3 is 1.95 bits per heavy atom. The van der Waals surface area contributed by atoms with Crippen LogP contribution in [0.2, 0.25) is 0 Å². The molecule has 2 aromatic rings. The molecule has 0 spiro atoms. The summed E-state index contributed by atoms with van der Waals surface area (Å²) in [5.74, 6) is -1.87. The number of nitrogens with two attached hydrogens (primary N) is 1. The van der Waals surface area contributed by atoms with Crippen molar-refractivity contribution < 1.29 is 32.3 Å². The summed E-state index contributed by atoms with van der Waals surface area (Å²) >= 11 is 0. The van der Waals surface area contributed by atoms with E-state index in [1.54, 1.807) is 77.9 Å². The van der Waals surface area contributed by atoms with E-state index in [9.17, 15) is 27.6 Å². The Kier molecular flexibility index (Phi) is 9.71. The van der Waals surface area contributed by atoms with E-state index < -0.39 is 62.3 Å². The van der Waals surface area contributed by atoms with Crippen LogP contribution in [0.3, 0.4) is 0 Å². The van der Waals surface area contributed by atoms with Gasteiger partial charge in [-0.1, -0.05) is 54.6 Å². The number of alkyl carbamates (subject to hydrolysis) is 1. The molecule has 1 unspecified atom stereocenters. The fraction of sp³-hybridized carbons (Fsp3) is 0.467. The van der Waals surface area contributed by atoms with Gasteiger partial charge >= 0.3 is 6.09 Å². The summed E-state index contributed by atoms with van der Waals surface area (Å²) in [6.07, 6.45) is -0.773. The third-order valence-electron chi connectivity index (χ3n) is 6.55. The highest BCUT2D eigenvalue weighted by molar-refractivity contribution is 7.90. The van der Waals surface area contributed by atoms with Crippen molar-refractivity contribution in [2.45, 2.75) is 89.3 Å². The summed E-state index contributed by atoms with van der Waals surface area (Å²) in [6, 6.07) is 13.4. The van der Waals surface area contributed by atoms with Crippen molar-refractivity contribution in [1.29, 1.82) is 0 Å². The van der Waals surface area contributed by atoms with Crippen molar-refractivity contribution >= 4 is 33.8 Å². The summed E-state index contributed by atoms with van der Waals surface area (Å²) in [6.45, 7) is 10.1. The second kappa shape index (κ2) is 12.5. The summed E-state index contributed by atoms with van der Waals surface area (Å²) in [4.78, 5) is 50.7. The molecule has 12 heteroatoms. The van der Waals surface area contributed by atoms with Gasteiger partial charge in [0.2, 0.25) is 27.7 Å². The van der Waals surface area contributed by atoms with Crippen molar-refractivity contribution in [3.63, 3.8) is 0 Å². The first-order valence-electron chi connectivity index (χ1n) is 13.7. The van der Waals surface area contributed by atoms with Crippen molar-refractivity contribution in [3.05, 3.63) is 71.3 Å². The van der Waals surface area contributed by atoms with Crippen LogP contribution in [0.5, 0.6) is 0 Å². The summed E-state index contributed by atoms with van der Waals surface area (Å²) < 4.78 is 32.5. The van der Waals surface area contributed by atoms with Crippen LogP contribution >= 0.6 is 0 Å². The Labute approximate surface area is 247 Å². The highest BCUT2D eigenvalue weighted by atomic mass is 32.2. The van der Waals surface area contributed by atoms with E-state index in [4.69, 9.17) is 10.5 Å². The molecule has 0 aliphatic carbocycles. The van der Waals surface area contributed by atoms with Crippen LogP contribution in [0.4, 0.5) is 4.79 Å². The number of benzene rings is 2. The molecule has 0 aromatic heterocycles. The third-order valence-corrected chi connectivity index (χ3v) is 8.97. The number of rotatable bonds is 9. The lowest BCUT2D eigenvalue weighted by Gasteiger charge is -2.30. The van der Waals surface area contributed by atoms with Crippen molar-refractivity contribution in [2.75, 3.05) is 0 Å². The van der Waals surface area contributed by atoms with E-state index in [0.717, 1.165) is 9.87 Å². The van der Waals surface area contributed by atoms with Gasteiger partial charge in [0.1, 0.15) is 22.9 Å². The molecule has 0 radical (unpaired) electrons. The van der Waals surface area contributed by atoms with E-state index in [0.29, 0.717) is 11.1 Å². The SMILES string of the molecule is CC(C)(C)OC(=O)NC(Cc1ccccc1)C(=O)N[C@@H](Cc1ccc([C@@H]2CC(=O)N(C(C)(C)C)S2(=O)=O)cc1)C(N)=O. The van der Waals surface area contributed by atoms with Gasteiger partial charge in [0, 0.05) is 12.8 Å². The number of hydrogen-bond acceptors (Lipinski definition) is 7. The number of carbonyl (C=O) groups excluding carboxylic acids is 4. The standard InChI is InChI=1S/C30H40N4O7S/c1-29(2,3)34-25(35)18-24(42(34,39)40)21-14-12-20(13-15-21)16-22(26(31)36)32-27(37)23(17-19-10-8-7-9-11-19)33-28(38)41-30(4,5)6/h7-15,22-24H,16-18H2,1-6H3,(H2,31,36)(H,32,37)(H,33,38)/t22-,23?,24-/m0/s1. The molecule has 1 saturated heterocycles. The Hall–Kier alpha value is -3.93. The quantitative estimate of drug-likeness (QED) is 0.398. The Morgan fingerprint density at radius 1 is 0.905 bits per heavy atom. The minimum absolute atomic E-state index is 0.0241. The van der Waals surface area contributed by atoms with Gasteiger partial charge in [0.25, 0.3) is 0 Å². The largest absolute Gasteiger partial charge is 0.444 e. The minimum atomic E-state index is -3.90. The zero-order chi connectivity index (χ0) is 31.5. The second-order valence-electron chi connectivity index (χ2n) is 12.4. The molecule has 42 heavy (non-hydrogen) atoms. The van der Waals surface area contributed by atoms with Gasteiger partial charge in [-0.3, -0.25) is 14.4 Å². The molecule has 3 atom stereocenters. The van der Waals surface area contributed by atoms with Crippen LogP contribution in [0, 0.1) is 0 Å².